The minimum absolute atomic E-state index is 0.00919. The van der Waals surface area contributed by atoms with Gasteiger partial charge in [0.25, 0.3) is 5.91 Å². The van der Waals surface area contributed by atoms with Crippen molar-refractivity contribution in [3.05, 3.63) is 77.9 Å². The Morgan fingerprint density at radius 2 is 1.74 bits per heavy atom. The molecular weight excluding hydrogens is 448 g/mol. The SMILES string of the molecule is CCN(C(=O)c1cn(CCNC(=O)OCC2c3ccccc3-c3ccccc32)cn1)C(C)C(=O)O. The number of carbonyl (C=O) groups excluding carboxylic acids is 2. The second kappa shape index (κ2) is 10.4. The van der Waals surface area contributed by atoms with Crippen molar-refractivity contribution in [3.8, 4) is 11.1 Å². The van der Waals surface area contributed by atoms with E-state index in [-0.39, 0.29) is 31.3 Å². The molecule has 0 fully saturated rings. The Morgan fingerprint density at radius 3 is 2.34 bits per heavy atom. The number of ether oxygens (including phenoxy) is 1. The van der Waals surface area contributed by atoms with Crippen LogP contribution in [0.4, 0.5) is 4.79 Å². The van der Waals surface area contributed by atoms with Gasteiger partial charge in [-0.05, 0) is 36.1 Å². The largest absolute Gasteiger partial charge is 0.480 e. The number of carbonyl (C=O) groups is 3. The molecule has 0 saturated carbocycles. The lowest BCUT2D eigenvalue weighted by Crippen LogP contribution is -2.43. The number of imidazole rings is 1. The van der Waals surface area contributed by atoms with Crippen molar-refractivity contribution in [2.45, 2.75) is 32.4 Å². The number of aliphatic carboxylic acids is 1. The fourth-order valence-electron chi connectivity index (χ4n) is 4.40. The molecule has 1 aliphatic carbocycles. The fraction of sp³-hybridized carbons (Fsp3) is 0.308. The zero-order chi connectivity index (χ0) is 24.9. The molecule has 35 heavy (non-hydrogen) atoms. The fourth-order valence-corrected chi connectivity index (χ4v) is 4.40. The molecule has 0 bridgehead atoms. The van der Waals surface area contributed by atoms with E-state index in [9.17, 15) is 19.5 Å². The lowest BCUT2D eigenvalue weighted by atomic mass is 9.98. The minimum atomic E-state index is -1.08. The molecule has 2 N–H and O–H groups in total. The third kappa shape index (κ3) is 5.03. The van der Waals surface area contributed by atoms with Crippen LogP contribution in [-0.2, 0) is 16.1 Å². The Kier molecular flexibility index (Phi) is 7.14. The molecule has 182 valence electrons. The third-order valence-electron chi connectivity index (χ3n) is 6.26. The highest BCUT2D eigenvalue weighted by Crippen LogP contribution is 2.44. The highest BCUT2D eigenvalue weighted by Gasteiger charge is 2.29. The van der Waals surface area contributed by atoms with Gasteiger partial charge in [-0.3, -0.25) is 4.79 Å². The van der Waals surface area contributed by atoms with Gasteiger partial charge in [0, 0.05) is 31.7 Å². The molecular formula is C26H28N4O5. The summed E-state index contributed by atoms with van der Waals surface area (Å²) in [5.41, 5.74) is 4.79. The molecule has 4 rings (SSSR count). The van der Waals surface area contributed by atoms with Crippen molar-refractivity contribution in [2.24, 2.45) is 0 Å². The Bertz CT molecular complexity index is 1190. The summed E-state index contributed by atoms with van der Waals surface area (Å²) in [6.45, 7) is 4.32. The smallest absolute Gasteiger partial charge is 0.407 e. The van der Waals surface area contributed by atoms with Crippen molar-refractivity contribution in [3.63, 3.8) is 0 Å². The lowest BCUT2D eigenvalue weighted by molar-refractivity contribution is -0.141. The molecule has 1 atom stereocenters. The van der Waals surface area contributed by atoms with Gasteiger partial charge in [0.2, 0.25) is 0 Å². The Hall–Kier alpha value is -4.14. The second-order valence-electron chi connectivity index (χ2n) is 8.35. The normalized spacial score (nSPS) is 13.0. The molecule has 1 heterocycles. The standard InChI is InChI=1S/C26H28N4O5/c1-3-30(17(2)25(32)33)24(31)23-14-29(16-28-23)13-12-27-26(34)35-15-22-20-10-6-4-8-18(20)19-9-5-7-11-21(19)22/h4-11,14,16-17,22H,3,12-13,15H2,1-2H3,(H,27,34)(H,32,33). The van der Waals surface area contributed by atoms with Crippen molar-refractivity contribution >= 4 is 18.0 Å². The Labute approximate surface area is 203 Å². The number of likely N-dealkylation sites (N-methyl/N-ethyl adjacent to an activating group) is 1. The highest BCUT2D eigenvalue weighted by molar-refractivity contribution is 5.94. The van der Waals surface area contributed by atoms with E-state index < -0.39 is 24.0 Å². The summed E-state index contributed by atoms with van der Waals surface area (Å²) in [6, 6.07) is 15.3. The summed E-state index contributed by atoms with van der Waals surface area (Å²) < 4.78 is 7.19. The highest BCUT2D eigenvalue weighted by atomic mass is 16.5. The van der Waals surface area contributed by atoms with Crippen molar-refractivity contribution < 1.29 is 24.2 Å². The number of nitrogens with zero attached hydrogens (tertiary/aromatic N) is 3. The van der Waals surface area contributed by atoms with Crippen LogP contribution in [0.5, 0.6) is 0 Å². The minimum Gasteiger partial charge on any atom is -0.480 e. The number of nitrogens with one attached hydrogen (secondary N) is 1. The molecule has 0 spiro atoms. The molecule has 0 aliphatic heterocycles. The van der Waals surface area contributed by atoms with Crippen LogP contribution in [0.1, 0.15) is 41.4 Å². The van der Waals surface area contributed by atoms with Gasteiger partial charge in [0.15, 0.2) is 0 Å². The average Bonchev–Trinajstić information content (AvgIpc) is 3.46. The molecule has 3 aromatic rings. The molecule has 9 heteroatoms. The second-order valence-corrected chi connectivity index (χ2v) is 8.35. The molecule has 1 aromatic heterocycles. The van der Waals surface area contributed by atoms with Crippen LogP contribution in [0.15, 0.2) is 61.1 Å². The lowest BCUT2D eigenvalue weighted by Gasteiger charge is -2.23. The summed E-state index contributed by atoms with van der Waals surface area (Å²) >= 11 is 0. The van der Waals surface area contributed by atoms with E-state index in [4.69, 9.17) is 4.74 Å². The summed E-state index contributed by atoms with van der Waals surface area (Å²) in [5.74, 6) is -1.54. The zero-order valence-electron chi connectivity index (χ0n) is 19.7. The van der Waals surface area contributed by atoms with Crippen LogP contribution in [0.3, 0.4) is 0 Å². The van der Waals surface area contributed by atoms with E-state index in [1.54, 1.807) is 17.7 Å². The number of benzene rings is 2. The first-order valence-electron chi connectivity index (χ1n) is 11.5. The average molecular weight is 477 g/mol. The van der Waals surface area contributed by atoms with Crippen LogP contribution >= 0.6 is 0 Å². The Morgan fingerprint density at radius 1 is 1.11 bits per heavy atom. The molecule has 0 radical (unpaired) electrons. The van der Waals surface area contributed by atoms with E-state index in [2.05, 4.69) is 34.6 Å². The number of alkyl carbamates (subject to hydrolysis) is 1. The van der Waals surface area contributed by atoms with Crippen molar-refractivity contribution in [1.29, 1.82) is 0 Å². The van der Waals surface area contributed by atoms with Crippen LogP contribution in [0.2, 0.25) is 0 Å². The number of amides is 2. The first kappa shape index (κ1) is 24.0. The number of hydrogen-bond donors (Lipinski definition) is 2. The zero-order valence-corrected chi connectivity index (χ0v) is 19.7. The van der Waals surface area contributed by atoms with Gasteiger partial charge < -0.3 is 24.6 Å². The quantitative estimate of drug-likeness (QED) is 0.490. The van der Waals surface area contributed by atoms with E-state index in [0.29, 0.717) is 6.54 Å². The van der Waals surface area contributed by atoms with Crippen LogP contribution < -0.4 is 5.32 Å². The maximum absolute atomic E-state index is 12.6. The van der Waals surface area contributed by atoms with Gasteiger partial charge in [-0.1, -0.05) is 48.5 Å². The number of carboxylic acids is 1. The maximum atomic E-state index is 12.6. The number of fused-ring (bicyclic) bond motifs is 3. The van der Waals surface area contributed by atoms with Crippen molar-refractivity contribution in [1.82, 2.24) is 19.8 Å². The predicted octanol–water partition coefficient (Wildman–Crippen LogP) is 3.36. The van der Waals surface area contributed by atoms with Gasteiger partial charge in [0.1, 0.15) is 18.3 Å². The first-order valence-corrected chi connectivity index (χ1v) is 11.5. The third-order valence-corrected chi connectivity index (χ3v) is 6.26. The van der Waals surface area contributed by atoms with Gasteiger partial charge in [-0.25, -0.2) is 14.6 Å². The summed E-state index contributed by atoms with van der Waals surface area (Å²) in [6.07, 6.45) is 2.50. The monoisotopic (exact) mass is 476 g/mol. The Balaban J connectivity index is 1.28. The molecule has 2 amide bonds. The van der Waals surface area contributed by atoms with Gasteiger partial charge in [-0.15, -0.1) is 0 Å². The van der Waals surface area contributed by atoms with E-state index >= 15 is 0 Å². The summed E-state index contributed by atoms with van der Waals surface area (Å²) in [5, 5.41) is 11.9. The van der Waals surface area contributed by atoms with Crippen molar-refractivity contribution in [2.75, 3.05) is 19.7 Å². The molecule has 0 saturated heterocycles. The maximum Gasteiger partial charge on any atom is 0.407 e. The summed E-state index contributed by atoms with van der Waals surface area (Å²) in [4.78, 5) is 41.5. The van der Waals surface area contributed by atoms with Crippen LogP contribution in [0, 0.1) is 0 Å². The van der Waals surface area contributed by atoms with Gasteiger partial charge in [0.05, 0.1) is 6.33 Å². The molecule has 1 unspecified atom stereocenters. The number of hydrogen-bond acceptors (Lipinski definition) is 5. The topological polar surface area (TPSA) is 114 Å². The van der Waals surface area contributed by atoms with E-state index in [1.165, 1.54) is 29.3 Å². The molecule has 1 aliphatic rings. The molecule has 2 aromatic carbocycles. The van der Waals surface area contributed by atoms with Gasteiger partial charge in [-0.2, -0.15) is 0 Å². The van der Waals surface area contributed by atoms with E-state index in [1.807, 2.05) is 24.3 Å². The number of rotatable bonds is 9. The van der Waals surface area contributed by atoms with Crippen LogP contribution in [0.25, 0.3) is 11.1 Å². The van der Waals surface area contributed by atoms with Gasteiger partial charge >= 0.3 is 12.1 Å². The van der Waals surface area contributed by atoms with E-state index in [0.717, 1.165) is 11.1 Å². The number of aromatic nitrogens is 2. The number of carboxylic acid groups (broad SMARTS) is 1. The first-order chi connectivity index (χ1) is 16.9. The molecule has 9 nitrogen and oxygen atoms in total. The summed E-state index contributed by atoms with van der Waals surface area (Å²) in [7, 11) is 0. The van der Waals surface area contributed by atoms with Crippen LogP contribution in [-0.4, -0.2) is 63.3 Å². The predicted molar refractivity (Wildman–Crippen MR) is 129 cm³/mol.